The van der Waals surface area contributed by atoms with E-state index < -0.39 is 60.6 Å². The highest BCUT2D eigenvalue weighted by Crippen LogP contribution is 2.06. The molecule has 0 aliphatic carbocycles. The smallest absolute Gasteiger partial charge is 0.322 e. The van der Waals surface area contributed by atoms with Gasteiger partial charge in [0, 0.05) is 0 Å². The molecule has 1 aliphatic rings. The first kappa shape index (κ1) is 21.8. The van der Waals surface area contributed by atoms with Gasteiger partial charge in [0.25, 0.3) is 0 Å². The Morgan fingerprint density at radius 2 is 1.62 bits per heavy atom. The Morgan fingerprint density at radius 3 is 2.08 bits per heavy atom. The van der Waals surface area contributed by atoms with E-state index in [2.05, 4.69) is 16.0 Å². The zero-order valence-electron chi connectivity index (χ0n) is 14.7. The lowest BCUT2D eigenvalue weighted by Gasteiger charge is -2.26. The quantitative estimate of drug-likeness (QED) is 0.219. The van der Waals surface area contributed by atoms with E-state index in [1.165, 1.54) is 13.8 Å². The number of carboxylic acid groups (broad SMARTS) is 1. The van der Waals surface area contributed by atoms with Crippen molar-refractivity contribution >= 4 is 23.7 Å². The number of aliphatic carboxylic acids is 1. The number of nitrogens with one attached hydrogen (secondary N) is 4. The molecule has 5 unspecified atom stereocenters. The van der Waals surface area contributed by atoms with Crippen LogP contribution in [-0.2, 0) is 19.2 Å². The van der Waals surface area contributed by atoms with Crippen LogP contribution in [0.2, 0.25) is 0 Å². The summed E-state index contributed by atoms with van der Waals surface area (Å²) in [5.41, 5.74) is 0. The predicted octanol–water partition coefficient (Wildman–Crippen LogP) is -3.33. The molecule has 0 bridgehead atoms. The molecule has 1 rings (SSSR count). The van der Waals surface area contributed by atoms with Gasteiger partial charge in [-0.2, -0.15) is 0 Å². The highest BCUT2D eigenvalue weighted by Gasteiger charge is 2.33. The number of carbonyl (C=O) groups excluding carboxylic acids is 3. The SMILES string of the molecule is CC(O)C(NC(=O)C1CCCN1)C(=O)NC(C(=O)NCC(=O)O)C(C)O. The number of carboxylic acids is 1. The van der Waals surface area contributed by atoms with Gasteiger partial charge in [-0.1, -0.05) is 0 Å². The molecule has 1 aliphatic heterocycles. The number of carbonyl (C=O) groups is 4. The van der Waals surface area contributed by atoms with Crippen LogP contribution in [0.4, 0.5) is 0 Å². The Morgan fingerprint density at radius 1 is 1.04 bits per heavy atom. The van der Waals surface area contributed by atoms with E-state index in [0.717, 1.165) is 6.42 Å². The van der Waals surface area contributed by atoms with Crippen molar-refractivity contribution in [1.29, 1.82) is 0 Å². The fraction of sp³-hybridized carbons (Fsp3) is 0.733. The Labute approximate surface area is 150 Å². The minimum absolute atomic E-state index is 0.451. The molecule has 7 N–H and O–H groups in total. The van der Waals surface area contributed by atoms with Gasteiger partial charge in [-0.05, 0) is 33.2 Å². The Kier molecular flexibility index (Phi) is 8.42. The fourth-order valence-electron chi connectivity index (χ4n) is 2.49. The van der Waals surface area contributed by atoms with Crippen LogP contribution in [0.1, 0.15) is 26.7 Å². The minimum atomic E-state index is -1.44. The summed E-state index contributed by atoms with van der Waals surface area (Å²) >= 11 is 0. The number of rotatable bonds is 9. The summed E-state index contributed by atoms with van der Waals surface area (Å²) in [5.74, 6) is -3.51. The van der Waals surface area contributed by atoms with Gasteiger partial charge in [0.05, 0.1) is 18.2 Å². The molecule has 0 aromatic rings. The second kappa shape index (κ2) is 10.0. The van der Waals surface area contributed by atoms with Crippen LogP contribution in [0, 0.1) is 0 Å². The Bertz CT molecular complexity index is 532. The standard InChI is InChI=1S/C15H26N4O7/c1-7(20)11(14(25)17-6-10(22)23)19-15(26)12(8(2)21)18-13(24)9-4-3-5-16-9/h7-9,11-12,16,20-21H,3-6H2,1-2H3,(H,17,25)(H,18,24)(H,19,26)(H,22,23). The summed E-state index contributed by atoms with van der Waals surface area (Å²) < 4.78 is 0. The molecule has 1 fully saturated rings. The van der Waals surface area contributed by atoms with E-state index in [0.29, 0.717) is 13.0 Å². The van der Waals surface area contributed by atoms with Gasteiger partial charge in [-0.3, -0.25) is 19.2 Å². The molecule has 0 radical (unpaired) electrons. The maximum Gasteiger partial charge on any atom is 0.322 e. The van der Waals surface area contributed by atoms with Gasteiger partial charge in [-0.15, -0.1) is 0 Å². The van der Waals surface area contributed by atoms with Gasteiger partial charge in [0.1, 0.15) is 18.6 Å². The number of hydrogen-bond donors (Lipinski definition) is 7. The van der Waals surface area contributed by atoms with Gasteiger partial charge in [0.2, 0.25) is 17.7 Å². The van der Waals surface area contributed by atoms with E-state index in [9.17, 15) is 29.4 Å². The van der Waals surface area contributed by atoms with Crippen molar-refractivity contribution in [3.8, 4) is 0 Å². The van der Waals surface area contributed by atoms with E-state index in [1.54, 1.807) is 0 Å². The third-order valence-corrected chi connectivity index (χ3v) is 3.92. The summed E-state index contributed by atoms with van der Waals surface area (Å²) in [7, 11) is 0. The first-order valence-electron chi connectivity index (χ1n) is 8.33. The van der Waals surface area contributed by atoms with E-state index in [1.807, 2.05) is 5.32 Å². The summed E-state index contributed by atoms with van der Waals surface area (Å²) in [6.07, 6.45) is -1.16. The second-order valence-electron chi connectivity index (χ2n) is 6.21. The number of aliphatic hydroxyl groups excluding tert-OH is 2. The predicted molar refractivity (Wildman–Crippen MR) is 88.9 cm³/mol. The lowest BCUT2D eigenvalue weighted by molar-refractivity contribution is -0.139. The van der Waals surface area contributed by atoms with E-state index in [4.69, 9.17) is 5.11 Å². The van der Waals surface area contributed by atoms with Crippen molar-refractivity contribution in [2.24, 2.45) is 0 Å². The molecule has 0 saturated carbocycles. The van der Waals surface area contributed by atoms with Crippen LogP contribution >= 0.6 is 0 Å². The minimum Gasteiger partial charge on any atom is -0.480 e. The summed E-state index contributed by atoms with van der Waals surface area (Å²) in [6, 6.07) is -3.24. The van der Waals surface area contributed by atoms with Crippen LogP contribution < -0.4 is 21.3 Å². The van der Waals surface area contributed by atoms with Crippen molar-refractivity contribution in [3.05, 3.63) is 0 Å². The second-order valence-corrected chi connectivity index (χ2v) is 6.21. The molecular weight excluding hydrogens is 348 g/mol. The monoisotopic (exact) mass is 374 g/mol. The highest BCUT2D eigenvalue weighted by molar-refractivity contribution is 5.94. The molecule has 3 amide bonds. The maximum absolute atomic E-state index is 12.4. The van der Waals surface area contributed by atoms with Crippen molar-refractivity contribution in [2.75, 3.05) is 13.1 Å². The van der Waals surface area contributed by atoms with E-state index in [-0.39, 0.29) is 0 Å². The first-order valence-corrected chi connectivity index (χ1v) is 8.33. The number of hydrogen-bond acceptors (Lipinski definition) is 7. The number of aliphatic hydroxyl groups is 2. The summed E-state index contributed by atoms with van der Waals surface area (Å²) in [6.45, 7) is 2.54. The zero-order valence-corrected chi connectivity index (χ0v) is 14.7. The maximum atomic E-state index is 12.4. The molecule has 1 saturated heterocycles. The Balaban J connectivity index is 2.74. The molecule has 11 heteroatoms. The van der Waals surface area contributed by atoms with Crippen LogP contribution in [0.5, 0.6) is 0 Å². The zero-order chi connectivity index (χ0) is 19.9. The van der Waals surface area contributed by atoms with Gasteiger partial charge in [0.15, 0.2) is 0 Å². The number of amides is 3. The lowest BCUT2D eigenvalue weighted by atomic mass is 10.1. The van der Waals surface area contributed by atoms with Gasteiger partial charge in [-0.25, -0.2) is 0 Å². The molecule has 26 heavy (non-hydrogen) atoms. The molecule has 1 heterocycles. The fourth-order valence-corrected chi connectivity index (χ4v) is 2.49. The molecule has 148 valence electrons. The highest BCUT2D eigenvalue weighted by atomic mass is 16.4. The largest absolute Gasteiger partial charge is 0.480 e. The molecular formula is C15H26N4O7. The van der Waals surface area contributed by atoms with Crippen molar-refractivity contribution in [3.63, 3.8) is 0 Å². The van der Waals surface area contributed by atoms with Gasteiger partial charge >= 0.3 is 5.97 Å². The molecule has 0 aromatic carbocycles. The van der Waals surface area contributed by atoms with Crippen molar-refractivity contribution in [1.82, 2.24) is 21.3 Å². The topological polar surface area (TPSA) is 177 Å². The first-order chi connectivity index (χ1) is 12.1. The van der Waals surface area contributed by atoms with Gasteiger partial charge < -0.3 is 36.6 Å². The van der Waals surface area contributed by atoms with Crippen molar-refractivity contribution < 1.29 is 34.5 Å². The van der Waals surface area contributed by atoms with E-state index >= 15 is 0 Å². The van der Waals surface area contributed by atoms with Crippen LogP contribution in [0.15, 0.2) is 0 Å². The third kappa shape index (κ3) is 6.58. The summed E-state index contributed by atoms with van der Waals surface area (Å²) in [5, 5.41) is 37.7. The molecule has 0 spiro atoms. The van der Waals surface area contributed by atoms with Crippen molar-refractivity contribution in [2.45, 2.75) is 57.0 Å². The molecule has 5 atom stereocenters. The lowest BCUT2D eigenvalue weighted by Crippen LogP contribution is -2.61. The average molecular weight is 374 g/mol. The third-order valence-electron chi connectivity index (χ3n) is 3.92. The average Bonchev–Trinajstić information content (AvgIpc) is 3.08. The summed E-state index contributed by atoms with van der Waals surface area (Å²) in [4.78, 5) is 47.0. The van der Waals surface area contributed by atoms with Crippen LogP contribution in [0.3, 0.4) is 0 Å². The van der Waals surface area contributed by atoms with Crippen LogP contribution in [-0.4, -0.2) is 82.4 Å². The normalized spacial score (nSPS) is 21.2. The molecule has 11 nitrogen and oxygen atoms in total. The van der Waals surface area contributed by atoms with Crippen LogP contribution in [0.25, 0.3) is 0 Å². The Hall–Kier alpha value is -2.24. The molecule has 0 aromatic heterocycles.